The third kappa shape index (κ3) is 4.51. The average molecular weight is 398 g/mol. The molecule has 0 saturated carbocycles. The maximum absolute atomic E-state index is 12.8. The monoisotopic (exact) mass is 397 g/mol. The van der Waals surface area contributed by atoms with Crippen LogP contribution in [0.3, 0.4) is 0 Å². The Morgan fingerprint density at radius 2 is 1.89 bits per heavy atom. The number of thioether (sulfide) groups is 1. The van der Waals surface area contributed by atoms with Gasteiger partial charge in [0.15, 0.2) is 0 Å². The molecule has 0 aliphatic carbocycles. The van der Waals surface area contributed by atoms with Gasteiger partial charge in [-0.05, 0) is 65.6 Å². The van der Waals surface area contributed by atoms with Gasteiger partial charge >= 0.3 is 0 Å². The molecule has 1 amide bonds. The van der Waals surface area contributed by atoms with Gasteiger partial charge in [-0.3, -0.25) is 4.79 Å². The number of anilines is 1. The summed E-state index contributed by atoms with van der Waals surface area (Å²) in [6.07, 6.45) is 0.999. The van der Waals surface area contributed by atoms with Crippen molar-refractivity contribution in [3.05, 3.63) is 54.1 Å². The summed E-state index contributed by atoms with van der Waals surface area (Å²) in [6.45, 7) is 6.10. The quantitative estimate of drug-likeness (QED) is 0.585. The van der Waals surface area contributed by atoms with Gasteiger partial charge in [-0.25, -0.2) is 0 Å². The van der Waals surface area contributed by atoms with Crippen molar-refractivity contribution in [2.75, 3.05) is 5.32 Å². The number of benzene rings is 2. The van der Waals surface area contributed by atoms with Gasteiger partial charge in [0.05, 0.1) is 10.9 Å². The molecule has 0 saturated heterocycles. The minimum absolute atomic E-state index is 0.110. The zero-order chi connectivity index (χ0) is 20.1. The maximum Gasteiger partial charge on any atom is 0.237 e. The molecule has 2 N–H and O–H groups in total. The van der Waals surface area contributed by atoms with Crippen molar-refractivity contribution in [2.24, 2.45) is 0 Å². The standard InChI is InChI=1S/C20H23N5O2S/c1-4-13(2)17-7-5-6-8-18(17)21-19(27)14(3)28-20-22-23-24-25(20)15-9-11-16(26)12-10-15/h5-14,26H,4H2,1-3H3,(H,21,27). The first-order chi connectivity index (χ1) is 13.5. The molecule has 1 heterocycles. The van der Waals surface area contributed by atoms with Crippen LogP contribution in [0.2, 0.25) is 0 Å². The number of aromatic hydroxyl groups is 1. The van der Waals surface area contributed by atoms with Gasteiger partial charge in [-0.15, -0.1) is 5.10 Å². The van der Waals surface area contributed by atoms with E-state index >= 15 is 0 Å². The normalized spacial score (nSPS) is 13.1. The van der Waals surface area contributed by atoms with Crippen LogP contribution < -0.4 is 5.32 Å². The molecule has 2 unspecified atom stereocenters. The Hall–Kier alpha value is -2.87. The maximum atomic E-state index is 12.8. The molecule has 3 aromatic rings. The molecular weight excluding hydrogens is 374 g/mol. The molecule has 0 fully saturated rings. The highest BCUT2D eigenvalue weighted by Crippen LogP contribution is 2.28. The van der Waals surface area contributed by atoms with Crippen molar-refractivity contribution in [1.29, 1.82) is 0 Å². The zero-order valence-corrected chi connectivity index (χ0v) is 16.8. The average Bonchev–Trinajstić information content (AvgIpc) is 3.16. The van der Waals surface area contributed by atoms with E-state index < -0.39 is 5.25 Å². The first-order valence-electron chi connectivity index (χ1n) is 9.13. The highest BCUT2D eigenvalue weighted by atomic mass is 32.2. The fraction of sp³-hybridized carbons (Fsp3) is 0.300. The highest BCUT2D eigenvalue weighted by Gasteiger charge is 2.20. The van der Waals surface area contributed by atoms with Crippen LogP contribution in [0.1, 0.15) is 38.7 Å². The molecule has 0 aliphatic rings. The fourth-order valence-corrected chi connectivity index (χ4v) is 3.52. The number of aromatic nitrogens is 4. The second-order valence-corrected chi connectivity index (χ2v) is 7.84. The minimum Gasteiger partial charge on any atom is -0.508 e. The zero-order valence-electron chi connectivity index (χ0n) is 16.0. The van der Waals surface area contributed by atoms with Gasteiger partial charge < -0.3 is 10.4 Å². The molecule has 1 aromatic heterocycles. The molecule has 2 atom stereocenters. The third-order valence-corrected chi connectivity index (χ3v) is 5.58. The predicted molar refractivity (Wildman–Crippen MR) is 110 cm³/mol. The molecule has 3 rings (SSSR count). The topological polar surface area (TPSA) is 92.9 Å². The molecule has 0 aliphatic heterocycles. The molecule has 0 radical (unpaired) electrons. The molecule has 2 aromatic carbocycles. The highest BCUT2D eigenvalue weighted by molar-refractivity contribution is 8.00. The lowest BCUT2D eigenvalue weighted by atomic mass is 9.97. The number of amides is 1. The molecule has 0 bridgehead atoms. The number of hydrogen-bond donors (Lipinski definition) is 2. The number of para-hydroxylation sites is 1. The number of phenolic OH excluding ortho intramolecular Hbond substituents is 1. The van der Waals surface area contributed by atoms with Crippen LogP contribution >= 0.6 is 11.8 Å². The summed E-state index contributed by atoms with van der Waals surface area (Å²) in [5, 5.41) is 24.3. The van der Waals surface area contributed by atoms with E-state index in [9.17, 15) is 9.90 Å². The lowest BCUT2D eigenvalue weighted by molar-refractivity contribution is -0.115. The summed E-state index contributed by atoms with van der Waals surface area (Å²) in [4.78, 5) is 12.8. The number of rotatable bonds is 7. The summed E-state index contributed by atoms with van der Waals surface area (Å²) < 4.78 is 1.54. The number of hydrogen-bond acceptors (Lipinski definition) is 6. The molecular formula is C20H23N5O2S. The summed E-state index contributed by atoms with van der Waals surface area (Å²) >= 11 is 1.28. The van der Waals surface area contributed by atoms with Crippen LogP contribution in [-0.4, -0.2) is 36.5 Å². The van der Waals surface area contributed by atoms with Crippen LogP contribution in [0.15, 0.2) is 53.7 Å². The van der Waals surface area contributed by atoms with Crippen molar-refractivity contribution in [2.45, 2.75) is 43.5 Å². The molecule has 0 spiro atoms. The van der Waals surface area contributed by atoms with E-state index in [0.717, 1.165) is 17.7 Å². The molecule has 7 nitrogen and oxygen atoms in total. The Bertz CT molecular complexity index is 942. The van der Waals surface area contributed by atoms with E-state index in [-0.39, 0.29) is 11.7 Å². The van der Waals surface area contributed by atoms with Gasteiger partial charge in [0, 0.05) is 5.69 Å². The Morgan fingerprint density at radius 3 is 2.61 bits per heavy atom. The number of carbonyl (C=O) groups excluding carboxylic acids is 1. The van der Waals surface area contributed by atoms with Crippen LogP contribution in [0.25, 0.3) is 5.69 Å². The Labute approximate surface area is 168 Å². The summed E-state index contributed by atoms with van der Waals surface area (Å²) in [7, 11) is 0. The first kappa shape index (κ1) is 19.9. The van der Waals surface area contributed by atoms with Gasteiger partial charge in [0.25, 0.3) is 0 Å². The van der Waals surface area contributed by atoms with Crippen molar-refractivity contribution < 1.29 is 9.90 Å². The van der Waals surface area contributed by atoms with E-state index in [2.05, 4.69) is 34.7 Å². The molecule has 146 valence electrons. The Kier molecular flexibility index (Phi) is 6.30. The van der Waals surface area contributed by atoms with E-state index in [1.807, 2.05) is 31.2 Å². The number of nitrogens with one attached hydrogen (secondary N) is 1. The van der Waals surface area contributed by atoms with Gasteiger partial charge in [-0.2, -0.15) is 4.68 Å². The number of tetrazole rings is 1. The Balaban J connectivity index is 1.73. The van der Waals surface area contributed by atoms with Crippen LogP contribution in [0, 0.1) is 0 Å². The first-order valence-corrected chi connectivity index (χ1v) is 10.0. The minimum atomic E-state index is -0.396. The molecule has 28 heavy (non-hydrogen) atoms. The number of nitrogens with zero attached hydrogens (tertiary/aromatic N) is 4. The lowest BCUT2D eigenvalue weighted by Crippen LogP contribution is -2.23. The molecule has 8 heteroatoms. The van der Waals surface area contributed by atoms with Crippen molar-refractivity contribution in [3.63, 3.8) is 0 Å². The fourth-order valence-electron chi connectivity index (χ4n) is 2.71. The van der Waals surface area contributed by atoms with Gasteiger partial charge in [-0.1, -0.05) is 43.8 Å². The summed E-state index contributed by atoms with van der Waals surface area (Å²) in [5.41, 5.74) is 2.68. The second-order valence-electron chi connectivity index (χ2n) is 6.54. The van der Waals surface area contributed by atoms with Crippen LogP contribution in [0.4, 0.5) is 5.69 Å². The summed E-state index contributed by atoms with van der Waals surface area (Å²) in [5.74, 6) is 0.418. The summed E-state index contributed by atoms with van der Waals surface area (Å²) in [6, 6.07) is 14.4. The smallest absolute Gasteiger partial charge is 0.237 e. The van der Waals surface area contributed by atoms with Crippen LogP contribution in [-0.2, 0) is 4.79 Å². The number of carbonyl (C=O) groups is 1. The largest absolute Gasteiger partial charge is 0.508 e. The SMILES string of the molecule is CCC(C)c1ccccc1NC(=O)C(C)Sc1nnnn1-c1ccc(O)cc1. The van der Waals surface area contributed by atoms with E-state index in [0.29, 0.717) is 16.8 Å². The van der Waals surface area contributed by atoms with Crippen molar-refractivity contribution >= 4 is 23.4 Å². The van der Waals surface area contributed by atoms with E-state index in [1.54, 1.807) is 28.9 Å². The predicted octanol–water partition coefficient (Wildman–Crippen LogP) is 4.00. The van der Waals surface area contributed by atoms with Gasteiger partial charge in [0.1, 0.15) is 5.75 Å². The number of phenols is 1. The van der Waals surface area contributed by atoms with Crippen LogP contribution in [0.5, 0.6) is 5.75 Å². The second kappa shape index (κ2) is 8.88. The van der Waals surface area contributed by atoms with Gasteiger partial charge in [0.2, 0.25) is 11.1 Å². The van der Waals surface area contributed by atoms with Crippen molar-refractivity contribution in [3.8, 4) is 11.4 Å². The van der Waals surface area contributed by atoms with E-state index in [1.165, 1.54) is 11.8 Å². The van der Waals surface area contributed by atoms with E-state index in [4.69, 9.17) is 0 Å². The Morgan fingerprint density at radius 1 is 1.18 bits per heavy atom. The van der Waals surface area contributed by atoms with Crippen molar-refractivity contribution in [1.82, 2.24) is 20.2 Å². The lowest BCUT2D eigenvalue weighted by Gasteiger charge is -2.17. The third-order valence-electron chi connectivity index (χ3n) is 4.55.